The zero-order valence-electron chi connectivity index (χ0n) is 26.3. The highest BCUT2D eigenvalue weighted by Gasteiger charge is 2.22. The van der Waals surface area contributed by atoms with Gasteiger partial charge in [0.05, 0.1) is 33.3 Å². The Hall–Kier alpha value is -6.58. The lowest BCUT2D eigenvalue weighted by atomic mass is 10.00. The van der Waals surface area contributed by atoms with E-state index in [9.17, 15) is 0 Å². The number of nitrogens with zero attached hydrogens (tertiary/aromatic N) is 2. The summed E-state index contributed by atoms with van der Waals surface area (Å²) in [5.74, 6) is 0. The van der Waals surface area contributed by atoms with Crippen LogP contribution in [0.5, 0.6) is 0 Å². The van der Waals surface area contributed by atoms with Gasteiger partial charge in [-0.05, 0) is 52.7 Å². The lowest BCUT2D eigenvalue weighted by Crippen LogP contribution is -1.94. The maximum absolute atomic E-state index is 6.94. The largest absolute Gasteiger partial charge is 0.453 e. The van der Waals surface area contributed by atoms with Crippen molar-refractivity contribution in [2.24, 2.45) is 0 Å². The molecular formula is C46H26N2O. The number of rotatable bonds is 2. The molecule has 3 nitrogen and oxygen atoms in total. The SMILES string of the molecule is c1ccc(-c2cccc3c2oc2c(-n4c5ccccc5c5cc6ccc7c(c6cc54)c4cccc5c6ccccc6n7c54)cccc23)cc1. The molecule has 0 aliphatic heterocycles. The van der Waals surface area contributed by atoms with E-state index in [-0.39, 0.29) is 0 Å². The Kier molecular flexibility index (Phi) is 4.72. The molecule has 0 fully saturated rings. The fourth-order valence-electron chi connectivity index (χ4n) is 8.80. The summed E-state index contributed by atoms with van der Waals surface area (Å²) in [7, 11) is 0. The second-order valence-corrected chi connectivity index (χ2v) is 13.3. The van der Waals surface area contributed by atoms with Gasteiger partial charge >= 0.3 is 0 Å². The second-order valence-electron chi connectivity index (χ2n) is 13.3. The normalized spacial score (nSPS) is 12.5. The first-order valence-electron chi connectivity index (χ1n) is 16.9. The molecule has 0 radical (unpaired) electrons. The standard InChI is InChI=1S/C46H26N2O/c1-2-11-27(12-3-1)29-15-8-17-33-34-18-10-22-41(46(34)49-45(29)33)47-38-20-6-5-14-31(38)37-25-28-23-24-40-43(36(28)26-42(37)47)35-19-9-16-32-30-13-4-7-21-39(30)48(40)44(32)35/h1-26H. The van der Waals surface area contributed by atoms with Crippen molar-refractivity contribution < 1.29 is 4.42 Å². The molecule has 0 aliphatic rings. The quantitative estimate of drug-likeness (QED) is 0.188. The van der Waals surface area contributed by atoms with E-state index in [2.05, 4.69) is 167 Å². The van der Waals surface area contributed by atoms with Crippen LogP contribution in [-0.4, -0.2) is 8.97 Å². The van der Waals surface area contributed by atoms with Crippen molar-refractivity contribution >= 4 is 92.6 Å². The molecule has 4 aromatic heterocycles. The Morgan fingerprint density at radius 2 is 1.06 bits per heavy atom. The maximum atomic E-state index is 6.94. The number of fused-ring (bicyclic) bond motifs is 14. The van der Waals surface area contributed by atoms with E-state index in [1.165, 1.54) is 70.7 Å². The van der Waals surface area contributed by atoms with E-state index in [1.54, 1.807) is 0 Å². The predicted octanol–water partition coefficient (Wildman–Crippen LogP) is 12.7. The second kappa shape index (κ2) is 9.06. The Morgan fingerprint density at radius 1 is 0.388 bits per heavy atom. The lowest BCUT2D eigenvalue weighted by Gasteiger charge is -2.10. The molecule has 226 valence electrons. The van der Waals surface area contributed by atoms with E-state index in [1.807, 2.05) is 0 Å². The molecule has 12 rings (SSSR count). The first-order chi connectivity index (χ1) is 24.3. The van der Waals surface area contributed by atoms with Crippen LogP contribution >= 0.6 is 0 Å². The van der Waals surface area contributed by atoms with Gasteiger partial charge in [0, 0.05) is 48.7 Å². The van der Waals surface area contributed by atoms with Crippen molar-refractivity contribution in [3.05, 3.63) is 158 Å². The van der Waals surface area contributed by atoms with Crippen molar-refractivity contribution in [2.75, 3.05) is 0 Å². The predicted molar refractivity (Wildman–Crippen MR) is 206 cm³/mol. The summed E-state index contributed by atoms with van der Waals surface area (Å²) >= 11 is 0. The smallest absolute Gasteiger partial charge is 0.159 e. The third-order valence-electron chi connectivity index (χ3n) is 10.8. The van der Waals surface area contributed by atoms with Gasteiger partial charge in [0.2, 0.25) is 0 Å². The van der Waals surface area contributed by atoms with E-state index in [4.69, 9.17) is 4.42 Å². The van der Waals surface area contributed by atoms with Crippen molar-refractivity contribution in [3.8, 4) is 16.8 Å². The molecule has 0 spiro atoms. The highest BCUT2D eigenvalue weighted by atomic mass is 16.3. The third kappa shape index (κ3) is 3.17. The number of para-hydroxylation sites is 5. The molecule has 0 atom stereocenters. The number of benzene rings is 8. The number of hydrogen-bond acceptors (Lipinski definition) is 1. The van der Waals surface area contributed by atoms with Crippen molar-refractivity contribution in [2.45, 2.75) is 0 Å². The molecule has 12 aromatic rings. The fourth-order valence-corrected chi connectivity index (χ4v) is 8.80. The molecule has 0 saturated heterocycles. The molecule has 49 heavy (non-hydrogen) atoms. The van der Waals surface area contributed by atoms with E-state index in [0.717, 1.165) is 38.8 Å². The Bertz CT molecular complexity index is 3320. The van der Waals surface area contributed by atoms with Crippen LogP contribution < -0.4 is 0 Å². The maximum Gasteiger partial charge on any atom is 0.159 e. The van der Waals surface area contributed by atoms with Crippen LogP contribution in [0.15, 0.2) is 162 Å². The van der Waals surface area contributed by atoms with E-state index >= 15 is 0 Å². The first-order valence-corrected chi connectivity index (χ1v) is 16.9. The molecule has 8 aromatic carbocycles. The number of hydrogen-bond donors (Lipinski definition) is 0. The summed E-state index contributed by atoms with van der Waals surface area (Å²) in [5.41, 5.74) is 11.3. The summed E-state index contributed by atoms with van der Waals surface area (Å²) in [5, 5.41) is 12.4. The average molecular weight is 623 g/mol. The first kappa shape index (κ1) is 25.5. The van der Waals surface area contributed by atoms with Gasteiger partial charge in [-0.15, -0.1) is 0 Å². The molecule has 0 bridgehead atoms. The monoisotopic (exact) mass is 622 g/mol. The fraction of sp³-hybridized carbons (Fsp3) is 0. The van der Waals surface area contributed by atoms with Gasteiger partial charge in [0.1, 0.15) is 5.58 Å². The summed E-state index contributed by atoms with van der Waals surface area (Å²) in [6.45, 7) is 0. The van der Waals surface area contributed by atoms with Crippen LogP contribution in [0.4, 0.5) is 0 Å². The van der Waals surface area contributed by atoms with Gasteiger partial charge in [0.25, 0.3) is 0 Å². The van der Waals surface area contributed by atoms with Gasteiger partial charge in [0.15, 0.2) is 5.58 Å². The molecule has 0 unspecified atom stereocenters. The average Bonchev–Trinajstić information content (AvgIpc) is 3.90. The van der Waals surface area contributed by atoms with E-state index < -0.39 is 0 Å². The van der Waals surface area contributed by atoms with Crippen LogP contribution in [-0.2, 0) is 0 Å². The van der Waals surface area contributed by atoms with Crippen molar-refractivity contribution in [3.63, 3.8) is 0 Å². The molecule has 0 N–H and O–H groups in total. The van der Waals surface area contributed by atoms with Gasteiger partial charge in [-0.1, -0.05) is 121 Å². The Labute approximate surface area is 279 Å². The summed E-state index contributed by atoms with van der Waals surface area (Å²) in [6, 6.07) is 57.3. The molecule has 0 saturated carbocycles. The molecular weight excluding hydrogens is 597 g/mol. The van der Waals surface area contributed by atoms with Gasteiger partial charge < -0.3 is 13.4 Å². The molecule has 0 aliphatic carbocycles. The minimum atomic E-state index is 0.897. The van der Waals surface area contributed by atoms with Gasteiger partial charge in [-0.2, -0.15) is 0 Å². The summed E-state index contributed by atoms with van der Waals surface area (Å²) < 4.78 is 11.8. The minimum Gasteiger partial charge on any atom is -0.453 e. The summed E-state index contributed by atoms with van der Waals surface area (Å²) in [4.78, 5) is 0. The molecule has 3 heteroatoms. The van der Waals surface area contributed by atoms with Crippen LogP contribution in [0, 0.1) is 0 Å². The molecule has 0 amide bonds. The summed E-state index contributed by atoms with van der Waals surface area (Å²) in [6.07, 6.45) is 0. The topological polar surface area (TPSA) is 22.5 Å². The zero-order valence-corrected chi connectivity index (χ0v) is 26.3. The van der Waals surface area contributed by atoms with Crippen molar-refractivity contribution in [1.29, 1.82) is 0 Å². The van der Waals surface area contributed by atoms with Crippen molar-refractivity contribution in [1.82, 2.24) is 8.97 Å². The zero-order chi connectivity index (χ0) is 31.8. The van der Waals surface area contributed by atoms with Crippen LogP contribution in [0.25, 0.3) is 109 Å². The Balaban J connectivity index is 1.22. The minimum absolute atomic E-state index is 0.897. The highest BCUT2D eigenvalue weighted by Crippen LogP contribution is 2.45. The van der Waals surface area contributed by atoms with Gasteiger partial charge in [-0.3, -0.25) is 0 Å². The van der Waals surface area contributed by atoms with Crippen LogP contribution in [0.2, 0.25) is 0 Å². The van der Waals surface area contributed by atoms with Gasteiger partial charge in [-0.25, -0.2) is 0 Å². The number of aromatic nitrogens is 2. The number of furan rings is 1. The van der Waals surface area contributed by atoms with E-state index in [0.29, 0.717) is 0 Å². The van der Waals surface area contributed by atoms with Crippen LogP contribution in [0.3, 0.4) is 0 Å². The lowest BCUT2D eigenvalue weighted by molar-refractivity contribution is 0.667. The van der Waals surface area contributed by atoms with Crippen LogP contribution in [0.1, 0.15) is 0 Å². The highest BCUT2D eigenvalue weighted by molar-refractivity contribution is 6.30. The molecule has 4 heterocycles. The third-order valence-corrected chi connectivity index (χ3v) is 10.8. The Morgan fingerprint density at radius 3 is 1.94 bits per heavy atom.